The summed E-state index contributed by atoms with van der Waals surface area (Å²) >= 11 is 0. The molecule has 174 valence electrons. The fourth-order valence-corrected chi connectivity index (χ4v) is 3.79. The van der Waals surface area contributed by atoms with Gasteiger partial charge in [0.15, 0.2) is 5.78 Å². The standard InChI is InChI=1S/C23H24N2O7S/c1-24(2)23(28)25-14-18(20-17(22(27)31-3)6-5-7-19(20)25)21(26)16-10-8-15(9-11-16)12-13-32-33(4,29)30/h5-11,14H,12-13H2,1-4H3. The van der Waals surface area contributed by atoms with E-state index in [9.17, 15) is 22.8 Å². The zero-order chi connectivity index (χ0) is 24.3. The Kier molecular flexibility index (Phi) is 6.99. The molecule has 0 aliphatic carbocycles. The van der Waals surface area contributed by atoms with E-state index in [0.717, 1.165) is 11.8 Å². The summed E-state index contributed by atoms with van der Waals surface area (Å²) in [4.78, 5) is 39.8. The Labute approximate surface area is 191 Å². The van der Waals surface area contributed by atoms with E-state index in [-0.39, 0.29) is 29.5 Å². The molecule has 3 rings (SSSR count). The van der Waals surface area contributed by atoms with Crippen molar-refractivity contribution in [2.75, 3.05) is 34.1 Å². The number of carbonyl (C=O) groups excluding carboxylic acids is 3. The molecule has 1 aromatic heterocycles. The molecule has 0 aliphatic rings. The molecule has 9 nitrogen and oxygen atoms in total. The predicted molar refractivity (Wildman–Crippen MR) is 122 cm³/mol. The van der Waals surface area contributed by atoms with Crippen molar-refractivity contribution in [3.63, 3.8) is 0 Å². The van der Waals surface area contributed by atoms with Crippen molar-refractivity contribution in [3.8, 4) is 0 Å². The molecule has 0 saturated heterocycles. The predicted octanol–water partition coefficient (Wildman–Crippen LogP) is 2.71. The van der Waals surface area contributed by atoms with Gasteiger partial charge in [0.2, 0.25) is 0 Å². The first-order chi connectivity index (χ1) is 15.5. The van der Waals surface area contributed by atoms with Gasteiger partial charge in [0.1, 0.15) is 0 Å². The van der Waals surface area contributed by atoms with Gasteiger partial charge in [-0.05, 0) is 24.1 Å². The lowest BCUT2D eigenvalue weighted by Crippen LogP contribution is -2.26. The monoisotopic (exact) mass is 472 g/mol. The highest BCUT2D eigenvalue weighted by atomic mass is 32.2. The molecule has 0 radical (unpaired) electrons. The van der Waals surface area contributed by atoms with Crippen LogP contribution in [0.5, 0.6) is 0 Å². The quantitative estimate of drug-likeness (QED) is 0.295. The molecule has 0 bridgehead atoms. The van der Waals surface area contributed by atoms with E-state index in [1.165, 1.54) is 22.8 Å². The first kappa shape index (κ1) is 24.1. The van der Waals surface area contributed by atoms with E-state index in [4.69, 9.17) is 8.92 Å². The molecule has 33 heavy (non-hydrogen) atoms. The summed E-state index contributed by atoms with van der Waals surface area (Å²) in [6.45, 7) is -0.00521. The topological polar surface area (TPSA) is 112 Å². The lowest BCUT2D eigenvalue weighted by molar-refractivity contribution is 0.0603. The molecule has 2 aromatic carbocycles. The van der Waals surface area contributed by atoms with Gasteiger partial charge in [-0.15, -0.1) is 0 Å². The van der Waals surface area contributed by atoms with Crippen LogP contribution in [0.15, 0.2) is 48.7 Å². The largest absolute Gasteiger partial charge is 0.465 e. The van der Waals surface area contributed by atoms with Crippen LogP contribution in [0, 0.1) is 0 Å². The highest BCUT2D eigenvalue weighted by Gasteiger charge is 2.24. The number of ketones is 1. The third kappa shape index (κ3) is 5.29. The van der Waals surface area contributed by atoms with Gasteiger partial charge in [-0.3, -0.25) is 13.5 Å². The zero-order valence-corrected chi connectivity index (χ0v) is 19.5. The van der Waals surface area contributed by atoms with Crippen molar-refractivity contribution in [1.29, 1.82) is 0 Å². The number of ether oxygens (including phenoxy) is 1. The smallest absolute Gasteiger partial charge is 0.338 e. The SMILES string of the molecule is COC(=O)c1cccc2c1c(C(=O)c1ccc(CCOS(C)(=O)=O)cc1)cn2C(=O)N(C)C. The van der Waals surface area contributed by atoms with Gasteiger partial charge in [-0.1, -0.05) is 30.3 Å². The minimum absolute atomic E-state index is 0.00521. The summed E-state index contributed by atoms with van der Waals surface area (Å²) < 4.78 is 33.1. The van der Waals surface area contributed by atoms with Crippen LogP contribution in [0.3, 0.4) is 0 Å². The highest BCUT2D eigenvalue weighted by Crippen LogP contribution is 2.28. The van der Waals surface area contributed by atoms with Crippen molar-refractivity contribution in [1.82, 2.24) is 9.47 Å². The third-order valence-electron chi connectivity index (χ3n) is 4.97. The Morgan fingerprint density at radius 1 is 1.00 bits per heavy atom. The number of nitrogens with zero attached hydrogens (tertiary/aromatic N) is 2. The molecule has 0 fully saturated rings. The van der Waals surface area contributed by atoms with Crippen LogP contribution < -0.4 is 0 Å². The van der Waals surface area contributed by atoms with Gasteiger partial charge >= 0.3 is 12.0 Å². The molecule has 1 amide bonds. The number of esters is 1. The average Bonchev–Trinajstić information content (AvgIpc) is 3.16. The van der Waals surface area contributed by atoms with Crippen LogP contribution in [0.2, 0.25) is 0 Å². The normalized spacial score (nSPS) is 11.4. The van der Waals surface area contributed by atoms with Gasteiger partial charge in [0, 0.05) is 36.8 Å². The van der Waals surface area contributed by atoms with Crippen molar-refractivity contribution in [2.45, 2.75) is 6.42 Å². The summed E-state index contributed by atoms with van der Waals surface area (Å²) in [5, 5.41) is 0.329. The molecule has 0 saturated carbocycles. The zero-order valence-electron chi connectivity index (χ0n) is 18.7. The molecule has 0 unspecified atom stereocenters. The Bertz CT molecular complexity index is 1320. The molecule has 0 N–H and O–H groups in total. The molecule has 0 aliphatic heterocycles. The second-order valence-electron chi connectivity index (χ2n) is 7.58. The van der Waals surface area contributed by atoms with Gasteiger partial charge in [-0.2, -0.15) is 8.42 Å². The molecule has 0 spiro atoms. The number of methoxy groups -OCH3 is 1. The Morgan fingerprint density at radius 2 is 1.67 bits per heavy atom. The first-order valence-electron chi connectivity index (χ1n) is 9.95. The van der Waals surface area contributed by atoms with Crippen LogP contribution in [-0.4, -0.2) is 69.7 Å². The summed E-state index contributed by atoms with van der Waals surface area (Å²) in [5.41, 5.74) is 1.91. The van der Waals surface area contributed by atoms with Crippen molar-refractivity contribution in [2.24, 2.45) is 0 Å². The first-order valence-corrected chi connectivity index (χ1v) is 11.8. The number of hydrogen-bond donors (Lipinski definition) is 0. The fourth-order valence-electron chi connectivity index (χ4n) is 3.40. The highest BCUT2D eigenvalue weighted by molar-refractivity contribution is 7.85. The Morgan fingerprint density at radius 3 is 2.24 bits per heavy atom. The summed E-state index contributed by atoms with van der Waals surface area (Å²) in [6, 6.07) is 11.1. The maximum absolute atomic E-state index is 13.4. The molecule has 1 heterocycles. The molecular weight excluding hydrogens is 448 g/mol. The maximum atomic E-state index is 13.4. The van der Waals surface area contributed by atoms with Crippen LogP contribution in [0.4, 0.5) is 4.79 Å². The Balaban J connectivity index is 2.02. The second-order valence-corrected chi connectivity index (χ2v) is 9.23. The van der Waals surface area contributed by atoms with Gasteiger partial charge in [0.05, 0.1) is 31.1 Å². The number of aromatic nitrogens is 1. The van der Waals surface area contributed by atoms with Crippen LogP contribution in [0.25, 0.3) is 10.9 Å². The summed E-state index contributed by atoms with van der Waals surface area (Å²) in [6.07, 6.45) is 2.76. The number of rotatable bonds is 7. The molecule has 10 heteroatoms. The fraction of sp³-hybridized carbons (Fsp3) is 0.261. The number of hydrogen-bond acceptors (Lipinski definition) is 7. The van der Waals surface area contributed by atoms with Gasteiger partial charge in [-0.25, -0.2) is 9.59 Å². The summed E-state index contributed by atoms with van der Waals surface area (Å²) in [5.74, 6) is -0.994. The van der Waals surface area contributed by atoms with Crippen molar-refractivity contribution < 1.29 is 31.7 Å². The van der Waals surface area contributed by atoms with Gasteiger partial charge < -0.3 is 9.64 Å². The number of fused-ring (bicyclic) bond motifs is 1. The average molecular weight is 473 g/mol. The van der Waals surface area contributed by atoms with E-state index in [1.807, 2.05) is 0 Å². The summed E-state index contributed by atoms with van der Waals surface area (Å²) in [7, 11) is 0.903. The number of amides is 1. The van der Waals surface area contributed by atoms with Crippen LogP contribution in [0.1, 0.15) is 31.8 Å². The minimum atomic E-state index is -3.52. The van der Waals surface area contributed by atoms with E-state index >= 15 is 0 Å². The van der Waals surface area contributed by atoms with Crippen molar-refractivity contribution >= 4 is 38.8 Å². The lowest BCUT2D eigenvalue weighted by atomic mass is 9.98. The number of carbonyl (C=O) groups is 3. The number of benzene rings is 2. The maximum Gasteiger partial charge on any atom is 0.338 e. The van der Waals surface area contributed by atoms with Crippen molar-refractivity contribution in [3.05, 3.63) is 70.9 Å². The van der Waals surface area contributed by atoms with E-state index in [2.05, 4.69) is 0 Å². The van der Waals surface area contributed by atoms with E-state index < -0.39 is 16.1 Å². The van der Waals surface area contributed by atoms with E-state index in [0.29, 0.717) is 22.9 Å². The minimum Gasteiger partial charge on any atom is -0.465 e. The second kappa shape index (κ2) is 9.55. The third-order valence-corrected chi connectivity index (χ3v) is 5.57. The Hall–Kier alpha value is -3.50. The van der Waals surface area contributed by atoms with Crippen LogP contribution in [-0.2, 0) is 25.5 Å². The molecule has 0 atom stereocenters. The van der Waals surface area contributed by atoms with E-state index in [1.54, 1.807) is 56.6 Å². The molecular formula is C23H24N2O7S. The van der Waals surface area contributed by atoms with Gasteiger partial charge in [0.25, 0.3) is 10.1 Å². The molecule has 3 aromatic rings. The lowest BCUT2D eigenvalue weighted by Gasteiger charge is -2.11. The van der Waals surface area contributed by atoms with Crippen LogP contribution >= 0.6 is 0 Å².